The molecule has 1 unspecified atom stereocenters. The number of aromatic nitrogens is 1. The average molecular weight is 362 g/mol. The van der Waals surface area contributed by atoms with Crippen molar-refractivity contribution >= 4 is 17.5 Å². The van der Waals surface area contributed by atoms with Gasteiger partial charge in [-0.25, -0.2) is 0 Å². The van der Waals surface area contributed by atoms with Crippen LogP contribution in [0.5, 0.6) is 0 Å². The van der Waals surface area contributed by atoms with Crippen LogP contribution in [0.15, 0.2) is 34.9 Å². The molecule has 2 aromatic rings. The van der Waals surface area contributed by atoms with E-state index in [4.69, 9.17) is 16.1 Å². The van der Waals surface area contributed by atoms with Gasteiger partial charge in [0.2, 0.25) is 5.91 Å². The number of hydrogen-bond donors (Lipinski definition) is 1. The average Bonchev–Trinajstić information content (AvgIpc) is 3.07. The number of halogens is 1. The lowest BCUT2D eigenvalue weighted by molar-refractivity contribution is -0.121. The smallest absolute Gasteiger partial charge is 0.220 e. The van der Waals surface area contributed by atoms with E-state index in [1.165, 1.54) is 19.4 Å². The molecule has 1 N–H and O–H groups in total. The summed E-state index contributed by atoms with van der Waals surface area (Å²) >= 11 is 6.17. The number of likely N-dealkylation sites (tertiary alicyclic amines) is 1. The van der Waals surface area contributed by atoms with Gasteiger partial charge in [-0.2, -0.15) is 0 Å². The van der Waals surface area contributed by atoms with Gasteiger partial charge in [0.25, 0.3) is 0 Å². The van der Waals surface area contributed by atoms with Gasteiger partial charge in [0.1, 0.15) is 5.69 Å². The van der Waals surface area contributed by atoms with Crippen LogP contribution in [-0.2, 0) is 11.3 Å². The number of carbonyl (C=O) groups excluding carboxylic acids is 1. The molecule has 25 heavy (non-hydrogen) atoms. The Morgan fingerprint density at radius 1 is 1.44 bits per heavy atom. The van der Waals surface area contributed by atoms with Crippen LogP contribution in [0.25, 0.3) is 11.3 Å². The van der Waals surface area contributed by atoms with Crippen molar-refractivity contribution in [2.45, 2.75) is 32.2 Å². The molecule has 1 saturated heterocycles. The molecule has 0 radical (unpaired) electrons. The topological polar surface area (TPSA) is 58.4 Å². The van der Waals surface area contributed by atoms with Crippen molar-refractivity contribution in [1.29, 1.82) is 0 Å². The second-order valence-electron chi connectivity index (χ2n) is 6.74. The molecule has 1 aliphatic rings. The van der Waals surface area contributed by atoms with E-state index in [0.29, 0.717) is 35.4 Å². The van der Waals surface area contributed by atoms with Crippen LogP contribution >= 0.6 is 11.6 Å². The van der Waals surface area contributed by atoms with Gasteiger partial charge in [0.15, 0.2) is 5.76 Å². The van der Waals surface area contributed by atoms with E-state index < -0.39 is 0 Å². The standard InChI is InChI=1S/C19H24ClN3O2/c1-23-10-4-5-14(13-23)8-9-19(24)21-12-15-11-18(22-25-15)16-6-2-3-7-17(16)20/h2-3,6-7,11,14H,4-5,8-10,12-13H2,1H3,(H,21,24). The number of hydrogen-bond acceptors (Lipinski definition) is 4. The van der Waals surface area contributed by atoms with E-state index in [-0.39, 0.29) is 5.91 Å². The monoisotopic (exact) mass is 361 g/mol. The van der Waals surface area contributed by atoms with Crippen molar-refractivity contribution in [1.82, 2.24) is 15.4 Å². The van der Waals surface area contributed by atoms with Crippen LogP contribution in [0.1, 0.15) is 31.4 Å². The van der Waals surface area contributed by atoms with Crippen molar-refractivity contribution < 1.29 is 9.32 Å². The minimum atomic E-state index is 0.0592. The number of benzene rings is 1. The van der Waals surface area contributed by atoms with Crippen LogP contribution in [0.2, 0.25) is 5.02 Å². The van der Waals surface area contributed by atoms with Gasteiger partial charge in [-0.15, -0.1) is 0 Å². The highest BCUT2D eigenvalue weighted by atomic mass is 35.5. The molecule has 1 amide bonds. The normalized spacial score (nSPS) is 18.2. The van der Waals surface area contributed by atoms with E-state index in [9.17, 15) is 4.79 Å². The molecule has 0 spiro atoms. The molecule has 0 aliphatic carbocycles. The van der Waals surface area contributed by atoms with Crippen molar-refractivity contribution in [3.05, 3.63) is 41.1 Å². The molecule has 1 aromatic heterocycles. The maximum absolute atomic E-state index is 12.1. The Kier molecular flexibility index (Phi) is 6.10. The maximum atomic E-state index is 12.1. The Morgan fingerprint density at radius 3 is 3.08 bits per heavy atom. The molecule has 0 bridgehead atoms. The summed E-state index contributed by atoms with van der Waals surface area (Å²) in [6, 6.07) is 9.30. The van der Waals surface area contributed by atoms with Crippen LogP contribution in [0.4, 0.5) is 0 Å². The molecule has 134 valence electrons. The number of piperidine rings is 1. The highest BCUT2D eigenvalue weighted by molar-refractivity contribution is 6.33. The first-order chi connectivity index (χ1) is 12.1. The summed E-state index contributed by atoms with van der Waals surface area (Å²) < 4.78 is 5.30. The third-order valence-electron chi connectivity index (χ3n) is 4.67. The van der Waals surface area contributed by atoms with Gasteiger partial charge < -0.3 is 14.7 Å². The van der Waals surface area contributed by atoms with E-state index >= 15 is 0 Å². The summed E-state index contributed by atoms with van der Waals surface area (Å²) in [6.45, 7) is 2.61. The van der Waals surface area contributed by atoms with E-state index in [2.05, 4.69) is 22.4 Å². The molecule has 1 atom stereocenters. The van der Waals surface area contributed by atoms with E-state index in [0.717, 1.165) is 18.5 Å². The van der Waals surface area contributed by atoms with Crippen LogP contribution in [0.3, 0.4) is 0 Å². The summed E-state index contributed by atoms with van der Waals surface area (Å²) in [5, 5.41) is 7.58. The largest absolute Gasteiger partial charge is 0.359 e. The molecule has 1 fully saturated rings. The van der Waals surface area contributed by atoms with Gasteiger partial charge in [-0.1, -0.05) is 35.0 Å². The van der Waals surface area contributed by atoms with Crippen LogP contribution in [-0.4, -0.2) is 36.1 Å². The lowest BCUT2D eigenvalue weighted by Crippen LogP contribution is -2.33. The van der Waals surface area contributed by atoms with Crippen LogP contribution in [0, 0.1) is 5.92 Å². The fourth-order valence-corrected chi connectivity index (χ4v) is 3.54. The second kappa shape index (κ2) is 8.50. The first-order valence-corrected chi connectivity index (χ1v) is 9.15. The Bertz CT molecular complexity index is 716. The fourth-order valence-electron chi connectivity index (χ4n) is 3.31. The minimum absolute atomic E-state index is 0.0592. The summed E-state index contributed by atoms with van der Waals surface area (Å²) in [5.41, 5.74) is 1.51. The van der Waals surface area contributed by atoms with Crippen molar-refractivity contribution in [2.75, 3.05) is 20.1 Å². The van der Waals surface area contributed by atoms with Crippen molar-refractivity contribution in [3.63, 3.8) is 0 Å². The van der Waals surface area contributed by atoms with Crippen molar-refractivity contribution in [2.24, 2.45) is 5.92 Å². The molecular weight excluding hydrogens is 338 g/mol. The van der Waals surface area contributed by atoms with Gasteiger partial charge in [0.05, 0.1) is 11.6 Å². The predicted octanol–water partition coefficient (Wildman–Crippen LogP) is 3.73. The molecule has 6 heteroatoms. The summed E-state index contributed by atoms with van der Waals surface area (Å²) in [4.78, 5) is 14.4. The molecular formula is C19H24ClN3O2. The van der Waals surface area contributed by atoms with E-state index in [1.54, 1.807) is 0 Å². The fraction of sp³-hybridized carbons (Fsp3) is 0.474. The third-order valence-corrected chi connectivity index (χ3v) is 5.00. The second-order valence-corrected chi connectivity index (χ2v) is 7.15. The van der Waals surface area contributed by atoms with Gasteiger partial charge in [-0.3, -0.25) is 4.79 Å². The highest BCUT2D eigenvalue weighted by Crippen LogP contribution is 2.27. The number of nitrogens with zero attached hydrogens (tertiary/aromatic N) is 2. The SMILES string of the molecule is CN1CCCC(CCC(=O)NCc2cc(-c3ccccc3Cl)no2)C1. The lowest BCUT2D eigenvalue weighted by atomic mass is 9.93. The third kappa shape index (κ3) is 5.06. The molecule has 2 heterocycles. The van der Waals surface area contributed by atoms with Gasteiger partial charge in [-0.05, 0) is 44.8 Å². The minimum Gasteiger partial charge on any atom is -0.359 e. The van der Waals surface area contributed by atoms with E-state index in [1.807, 2.05) is 30.3 Å². The summed E-state index contributed by atoms with van der Waals surface area (Å²) in [5.74, 6) is 1.31. The molecule has 3 rings (SSSR count). The molecule has 1 aliphatic heterocycles. The zero-order valence-corrected chi connectivity index (χ0v) is 15.3. The Balaban J connectivity index is 1.46. The first kappa shape index (κ1) is 18.0. The molecule has 1 aromatic carbocycles. The van der Waals surface area contributed by atoms with Crippen LogP contribution < -0.4 is 5.32 Å². The summed E-state index contributed by atoms with van der Waals surface area (Å²) in [6.07, 6.45) is 3.95. The molecule has 5 nitrogen and oxygen atoms in total. The lowest BCUT2D eigenvalue weighted by Gasteiger charge is -2.29. The zero-order valence-electron chi connectivity index (χ0n) is 14.5. The Morgan fingerprint density at radius 2 is 2.28 bits per heavy atom. The van der Waals surface area contributed by atoms with Crippen molar-refractivity contribution in [3.8, 4) is 11.3 Å². The highest BCUT2D eigenvalue weighted by Gasteiger charge is 2.18. The number of amides is 1. The van der Waals surface area contributed by atoms with Gasteiger partial charge in [0, 0.05) is 24.6 Å². The quantitative estimate of drug-likeness (QED) is 0.851. The van der Waals surface area contributed by atoms with Gasteiger partial charge >= 0.3 is 0 Å². The number of nitrogens with one attached hydrogen (secondary N) is 1. The number of rotatable bonds is 6. The first-order valence-electron chi connectivity index (χ1n) is 8.77. The predicted molar refractivity (Wildman–Crippen MR) is 98.3 cm³/mol. The summed E-state index contributed by atoms with van der Waals surface area (Å²) in [7, 11) is 2.15. The Labute approximate surface area is 153 Å². The molecule has 0 saturated carbocycles. The zero-order chi connectivity index (χ0) is 17.6. The number of carbonyl (C=O) groups is 1. The Hall–Kier alpha value is -1.85. The maximum Gasteiger partial charge on any atom is 0.220 e.